The minimum Gasteiger partial charge on any atom is -0.267 e. The minimum atomic E-state index is -3.84. The van der Waals surface area contributed by atoms with Gasteiger partial charge in [-0.25, -0.2) is 13.4 Å². The van der Waals surface area contributed by atoms with Crippen molar-refractivity contribution >= 4 is 81.1 Å². The molecular weight excluding hydrogens is 626 g/mol. The van der Waals surface area contributed by atoms with Gasteiger partial charge in [-0.2, -0.15) is 14.4 Å². The highest BCUT2D eigenvalue weighted by molar-refractivity contribution is 9.10. The molecule has 0 radical (unpaired) electrons. The van der Waals surface area contributed by atoms with Gasteiger partial charge in [-0.3, -0.25) is 14.9 Å². The van der Waals surface area contributed by atoms with E-state index in [0.29, 0.717) is 10.4 Å². The third-order valence-electron chi connectivity index (χ3n) is 5.21. The summed E-state index contributed by atoms with van der Waals surface area (Å²) in [5.74, 6) is -0.562. The fourth-order valence-electron chi connectivity index (χ4n) is 3.39. The lowest BCUT2D eigenvalue weighted by Gasteiger charge is -2.19. The van der Waals surface area contributed by atoms with Crippen molar-refractivity contribution in [3.63, 3.8) is 0 Å². The number of fused-ring (bicyclic) bond motifs is 1. The van der Waals surface area contributed by atoms with E-state index in [0.717, 1.165) is 25.5 Å². The van der Waals surface area contributed by atoms with Gasteiger partial charge >= 0.3 is 5.00 Å². The molecule has 0 atom stereocenters. The summed E-state index contributed by atoms with van der Waals surface area (Å²) in [6.07, 6.45) is 4.31. The van der Waals surface area contributed by atoms with Gasteiger partial charge in [-0.1, -0.05) is 50.8 Å². The first-order valence-corrected chi connectivity index (χ1v) is 15.0. The van der Waals surface area contributed by atoms with Crippen LogP contribution in [0.5, 0.6) is 0 Å². The maximum absolute atomic E-state index is 13.6. The summed E-state index contributed by atoms with van der Waals surface area (Å²) >= 11 is 5.57. The Morgan fingerprint density at radius 3 is 2.38 bits per heavy atom. The second-order valence-corrected chi connectivity index (χ2v) is 12.8. The molecule has 14 heteroatoms. The SMILES string of the molecule is C=CCN(CC=C)S(=O)(=O)c1ccc(C(=O)N(/N=C/c2ccc([N+](=O)[O-])s2)c2nc3ccc(Br)cc3s2)cc1. The first-order chi connectivity index (χ1) is 18.6. The number of carbonyl (C=O) groups is 1. The van der Waals surface area contributed by atoms with E-state index in [2.05, 4.69) is 39.2 Å². The van der Waals surface area contributed by atoms with Crippen LogP contribution in [-0.4, -0.2) is 47.8 Å². The van der Waals surface area contributed by atoms with Crippen LogP contribution in [0.1, 0.15) is 15.2 Å². The molecule has 0 unspecified atom stereocenters. The summed E-state index contributed by atoms with van der Waals surface area (Å²) in [5.41, 5.74) is 0.826. The molecule has 0 saturated carbocycles. The zero-order valence-corrected chi connectivity index (χ0v) is 24.2. The number of carbonyl (C=O) groups excluding carboxylic acids is 1. The Hall–Kier alpha value is -3.56. The number of thiophene rings is 1. The Kier molecular flexibility index (Phi) is 8.82. The minimum absolute atomic E-state index is 0.00790. The van der Waals surface area contributed by atoms with E-state index in [1.807, 2.05) is 12.1 Å². The number of benzene rings is 2. The quantitative estimate of drug-likeness (QED) is 0.0843. The molecule has 4 rings (SSSR count). The Balaban J connectivity index is 1.70. The van der Waals surface area contributed by atoms with E-state index in [1.165, 1.54) is 70.4 Å². The lowest BCUT2D eigenvalue weighted by Crippen LogP contribution is -2.31. The van der Waals surface area contributed by atoms with Gasteiger partial charge in [-0.05, 0) is 48.5 Å². The van der Waals surface area contributed by atoms with E-state index in [9.17, 15) is 23.3 Å². The van der Waals surface area contributed by atoms with Gasteiger partial charge in [0.25, 0.3) is 5.91 Å². The van der Waals surface area contributed by atoms with E-state index in [-0.39, 0.29) is 33.7 Å². The van der Waals surface area contributed by atoms with Gasteiger partial charge in [0.05, 0.1) is 31.1 Å². The molecule has 0 aliphatic heterocycles. The Bertz CT molecular complexity index is 1690. The summed E-state index contributed by atoms with van der Waals surface area (Å²) in [6, 6.07) is 13.9. The molecule has 200 valence electrons. The van der Waals surface area contributed by atoms with Gasteiger partial charge in [0, 0.05) is 29.2 Å². The van der Waals surface area contributed by atoms with Crippen LogP contribution in [0.3, 0.4) is 0 Å². The molecule has 0 fully saturated rings. The maximum Gasteiger partial charge on any atom is 0.324 e. The highest BCUT2D eigenvalue weighted by Gasteiger charge is 2.25. The zero-order chi connectivity index (χ0) is 28.2. The van der Waals surface area contributed by atoms with Crippen LogP contribution in [0.25, 0.3) is 10.2 Å². The lowest BCUT2D eigenvalue weighted by atomic mass is 10.2. The van der Waals surface area contributed by atoms with Crippen molar-refractivity contribution in [2.75, 3.05) is 18.1 Å². The number of anilines is 1. The Morgan fingerprint density at radius 2 is 1.77 bits per heavy atom. The van der Waals surface area contributed by atoms with E-state index >= 15 is 0 Å². The number of sulfonamides is 1. The van der Waals surface area contributed by atoms with Crippen LogP contribution in [0.15, 0.2) is 94.4 Å². The lowest BCUT2D eigenvalue weighted by molar-refractivity contribution is -0.380. The summed E-state index contributed by atoms with van der Waals surface area (Å²) in [7, 11) is -3.84. The molecule has 1 amide bonds. The van der Waals surface area contributed by atoms with Crippen molar-refractivity contribution in [2.45, 2.75) is 4.90 Å². The van der Waals surface area contributed by atoms with Crippen LogP contribution in [0.4, 0.5) is 10.1 Å². The monoisotopic (exact) mass is 645 g/mol. The number of thiazole rings is 1. The zero-order valence-electron chi connectivity index (χ0n) is 20.1. The predicted molar refractivity (Wildman–Crippen MR) is 158 cm³/mol. The topological polar surface area (TPSA) is 126 Å². The second-order valence-electron chi connectivity index (χ2n) is 7.83. The van der Waals surface area contributed by atoms with Crippen molar-refractivity contribution < 1.29 is 18.1 Å². The van der Waals surface area contributed by atoms with Crippen LogP contribution in [0, 0.1) is 10.1 Å². The molecule has 0 bridgehead atoms. The van der Waals surface area contributed by atoms with Gasteiger partial charge in [0.2, 0.25) is 15.2 Å². The molecule has 0 aliphatic rings. The van der Waals surface area contributed by atoms with Crippen molar-refractivity contribution in [2.24, 2.45) is 5.10 Å². The molecular formula is C25H20BrN5O5S3. The number of hydrogen-bond acceptors (Lipinski definition) is 9. The summed E-state index contributed by atoms with van der Waals surface area (Å²) in [5, 5.41) is 16.7. The third kappa shape index (κ3) is 6.37. The number of rotatable bonds is 11. The average Bonchev–Trinajstić information content (AvgIpc) is 3.56. The predicted octanol–water partition coefficient (Wildman–Crippen LogP) is 6.07. The number of halogens is 1. The van der Waals surface area contributed by atoms with Gasteiger partial charge in [-0.15, -0.1) is 13.2 Å². The molecule has 0 saturated heterocycles. The Morgan fingerprint density at radius 1 is 1.08 bits per heavy atom. The van der Waals surface area contributed by atoms with Crippen LogP contribution < -0.4 is 5.01 Å². The first kappa shape index (κ1) is 28.4. The van der Waals surface area contributed by atoms with Gasteiger partial charge < -0.3 is 0 Å². The van der Waals surface area contributed by atoms with Crippen LogP contribution in [-0.2, 0) is 10.0 Å². The third-order valence-corrected chi connectivity index (χ3v) is 9.51. The number of amides is 1. The highest BCUT2D eigenvalue weighted by atomic mass is 79.9. The van der Waals surface area contributed by atoms with Gasteiger partial charge in [0.15, 0.2) is 0 Å². The molecule has 0 N–H and O–H groups in total. The normalized spacial score (nSPS) is 11.7. The molecule has 2 aromatic carbocycles. The fourth-order valence-corrected chi connectivity index (χ4v) is 6.93. The van der Waals surface area contributed by atoms with E-state index < -0.39 is 20.9 Å². The molecule has 2 aromatic heterocycles. The number of nitro groups is 1. The molecule has 4 aromatic rings. The smallest absolute Gasteiger partial charge is 0.267 e. The van der Waals surface area contributed by atoms with Gasteiger partial charge in [0.1, 0.15) is 0 Å². The van der Waals surface area contributed by atoms with E-state index in [4.69, 9.17) is 0 Å². The first-order valence-electron chi connectivity index (χ1n) is 11.1. The number of aromatic nitrogens is 1. The van der Waals surface area contributed by atoms with Crippen molar-refractivity contribution in [3.05, 3.63) is 105 Å². The molecule has 2 heterocycles. The molecule has 39 heavy (non-hydrogen) atoms. The van der Waals surface area contributed by atoms with Crippen molar-refractivity contribution in [1.29, 1.82) is 0 Å². The van der Waals surface area contributed by atoms with Crippen LogP contribution >= 0.6 is 38.6 Å². The van der Waals surface area contributed by atoms with Crippen molar-refractivity contribution in [3.8, 4) is 0 Å². The summed E-state index contributed by atoms with van der Waals surface area (Å²) < 4.78 is 28.9. The number of hydrogen-bond donors (Lipinski definition) is 0. The number of nitrogens with zero attached hydrogens (tertiary/aromatic N) is 5. The largest absolute Gasteiger partial charge is 0.324 e. The summed E-state index contributed by atoms with van der Waals surface area (Å²) in [6.45, 7) is 7.41. The Labute approximate surface area is 240 Å². The van der Waals surface area contributed by atoms with Crippen molar-refractivity contribution in [1.82, 2.24) is 9.29 Å². The standard InChI is InChI=1S/C25H20BrN5O5S3/c1-3-13-29(14-4-2)39(35,36)20-9-5-17(6-10-20)24(32)30(27-16-19-8-12-23(37-19)31(33)34)25-28-21-11-7-18(26)15-22(21)38-25/h3-12,15-16H,1-2,13-14H2/b27-16+. The maximum atomic E-state index is 13.6. The average molecular weight is 647 g/mol. The summed E-state index contributed by atoms with van der Waals surface area (Å²) in [4.78, 5) is 29.2. The fraction of sp³-hybridized carbons (Fsp3) is 0.0800. The molecule has 0 spiro atoms. The highest BCUT2D eigenvalue weighted by Crippen LogP contribution is 2.32. The molecule has 0 aliphatic carbocycles. The number of hydrazone groups is 1. The molecule has 10 nitrogen and oxygen atoms in total. The van der Waals surface area contributed by atoms with Crippen LogP contribution in [0.2, 0.25) is 0 Å². The second kappa shape index (κ2) is 12.1. The van der Waals surface area contributed by atoms with E-state index in [1.54, 1.807) is 6.07 Å².